The lowest BCUT2D eigenvalue weighted by Crippen LogP contribution is -2.36. The average molecular weight is 363 g/mol. The van der Waals surface area contributed by atoms with Crippen molar-refractivity contribution in [2.45, 2.75) is 30.3 Å². The molecule has 0 spiro atoms. The molecular weight excluding hydrogens is 345 g/mol. The van der Waals surface area contributed by atoms with Crippen LogP contribution in [0.15, 0.2) is 53.4 Å². The molecule has 0 unspecified atom stereocenters. The van der Waals surface area contributed by atoms with Crippen molar-refractivity contribution in [3.8, 4) is 0 Å². The number of rotatable bonds is 5. The number of nitrogens with zero attached hydrogens (tertiary/aromatic N) is 1. The highest BCUT2D eigenvalue weighted by Crippen LogP contribution is 2.29. The third-order valence-electron chi connectivity index (χ3n) is 3.95. The first kappa shape index (κ1) is 17.4. The van der Waals surface area contributed by atoms with Gasteiger partial charge in [-0.2, -0.15) is 0 Å². The molecule has 0 heterocycles. The number of nitrogens with two attached hydrogens (primary N) is 1. The van der Waals surface area contributed by atoms with Crippen LogP contribution in [-0.2, 0) is 16.6 Å². The fourth-order valence-electron chi connectivity index (χ4n) is 2.46. The molecule has 25 heavy (non-hydrogen) atoms. The summed E-state index contributed by atoms with van der Waals surface area (Å²) in [5.74, 6) is -0.318. The number of carbonyl (C=O) groups is 1. The van der Waals surface area contributed by atoms with Gasteiger partial charge in [0.05, 0.1) is 4.90 Å². The van der Waals surface area contributed by atoms with Crippen molar-refractivity contribution in [1.82, 2.24) is 4.90 Å². The Morgan fingerprint density at radius 1 is 1.12 bits per heavy atom. The maximum atomic E-state index is 13.0. The van der Waals surface area contributed by atoms with Crippen LogP contribution in [0.4, 0.5) is 14.9 Å². The number of primary sulfonamides is 1. The van der Waals surface area contributed by atoms with E-state index < -0.39 is 10.0 Å². The Hall–Kier alpha value is -2.45. The summed E-state index contributed by atoms with van der Waals surface area (Å²) in [4.78, 5) is 14.2. The molecule has 132 valence electrons. The minimum atomic E-state index is -3.77. The highest BCUT2D eigenvalue weighted by atomic mass is 32.2. The molecule has 0 radical (unpaired) electrons. The Balaban J connectivity index is 1.70. The summed E-state index contributed by atoms with van der Waals surface area (Å²) in [5, 5.41) is 7.80. The van der Waals surface area contributed by atoms with E-state index in [9.17, 15) is 17.6 Å². The zero-order valence-electron chi connectivity index (χ0n) is 13.4. The first-order chi connectivity index (χ1) is 11.8. The standard InChI is InChI=1S/C17H18FN3O3S/c18-13-3-1-12(2-4-13)11-21(15-7-8-15)17(22)20-14-5-9-16(10-6-14)25(19,23)24/h1-6,9-10,15H,7-8,11H2,(H,20,22)(H2,19,23,24). The number of amides is 2. The lowest BCUT2D eigenvalue weighted by Gasteiger charge is -2.23. The molecule has 1 aliphatic carbocycles. The number of nitrogens with one attached hydrogen (secondary N) is 1. The van der Waals surface area contributed by atoms with Gasteiger partial charge >= 0.3 is 6.03 Å². The van der Waals surface area contributed by atoms with Crippen LogP contribution in [0, 0.1) is 5.82 Å². The van der Waals surface area contributed by atoms with Crippen LogP contribution in [0.1, 0.15) is 18.4 Å². The maximum absolute atomic E-state index is 13.0. The molecule has 3 rings (SSSR count). The molecule has 1 fully saturated rings. The second kappa shape index (κ2) is 6.81. The van der Waals surface area contributed by atoms with Crippen LogP contribution < -0.4 is 10.5 Å². The van der Waals surface area contributed by atoms with Crippen LogP contribution in [0.3, 0.4) is 0 Å². The molecule has 3 N–H and O–H groups in total. The molecule has 0 saturated heterocycles. The maximum Gasteiger partial charge on any atom is 0.322 e. The fraction of sp³-hybridized carbons (Fsp3) is 0.235. The number of urea groups is 1. The van der Waals surface area contributed by atoms with Crippen molar-refractivity contribution >= 4 is 21.7 Å². The van der Waals surface area contributed by atoms with Gasteiger partial charge in [-0.3, -0.25) is 0 Å². The summed E-state index contributed by atoms with van der Waals surface area (Å²) in [6.07, 6.45) is 1.86. The number of anilines is 1. The van der Waals surface area contributed by atoms with Crippen molar-refractivity contribution in [2.75, 3.05) is 5.32 Å². The van der Waals surface area contributed by atoms with E-state index in [4.69, 9.17) is 5.14 Å². The van der Waals surface area contributed by atoms with E-state index in [1.807, 2.05) is 0 Å². The van der Waals surface area contributed by atoms with Gasteiger partial charge in [0.2, 0.25) is 10.0 Å². The lowest BCUT2D eigenvalue weighted by molar-refractivity contribution is 0.206. The van der Waals surface area contributed by atoms with Crippen molar-refractivity contribution in [1.29, 1.82) is 0 Å². The number of hydrogen-bond donors (Lipinski definition) is 2. The Morgan fingerprint density at radius 3 is 2.24 bits per heavy atom. The van der Waals surface area contributed by atoms with Gasteiger partial charge in [0.15, 0.2) is 0 Å². The summed E-state index contributed by atoms with van der Waals surface area (Å²) < 4.78 is 35.5. The zero-order chi connectivity index (χ0) is 18.0. The molecule has 0 bridgehead atoms. The molecular formula is C17H18FN3O3S. The van der Waals surface area contributed by atoms with Gasteiger partial charge in [-0.25, -0.2) is 22.7 Å². The summed E-state index contributed by atoms with van der Waals surface area (Å²) in [7, 11) is -3.77. The van der Waals surface area contributed by atoms with Gasteiger partial charge < -0.3 is 10.2 Å². The van der Waals surface area contributed by atoms with Crippen LogP contribution in [0.2, 0.25) is 0 Å². The number of benzene rings is 2. The third kappa shape index (κ3) is 4.55. The van der Waals surface area contributed by atoms with Gasteiger partial charge in [-0.1, -0.05) is 12.1 Å². The monoisotopic (exact) mass is 363 g/mol. The van der Waals surface area contributed by atoms with Gasteiger partial charge in [0.1, 0.15) is 5.82 Å². The number of hydrogen-bond acceptors (Lipinski definition) is 3. The molecule has 0 aliphatic heterocycles. The van der Waals surface area contributed by atoms with Crippen LogP contribution >= 0.6 is 0 Å². The minimum absolute atomic E-state index is 0.0177. The molecule has 2 aromatic rings. The van der Waals surface area contributed by atoms with E-state index >= 15 is 0 Å². The second-order valence-electron chi connectivity index (χ2n) is 5.99. The zero-order valence-corrected chi connectivity index (χ0v) is 14.2. The molecule has 6 nitrogen and oxygen atoms in total. The van der Waals surface area contributed by atoms with E-state index in [1.54, 1.807) is 17.0 Å². The largest absolute Gasteiger partial charge is 0.322 e. The molecule has 1 saturated carbocycles. The Bertz CT molecular complexity index is 863. The highest BCUT2D eigenvalue weighted by Gasteiger charge is 2.32. The van der Waals surface area contributed by atoms with Crippen molar-refractivity contribution < 1.29 is 17.6 Å². The summed E-state index contributed by atoms with van der Waals surface area (Å²) in [5.41, 5.74) is 1.31. The van der Waals surface area contributed by atoms with Crippen LogP contribution in [0.5, 0.6) is 0 Å². The number of sulfonamides is 1. The smallest absolute Gasteiger partial charge is 0.317 e. The van der Waals surface area contributed by atoms with Gasteiger partial charge in [-0.05, 0) is 54.8 Å². The predicted molar refractivity (Wildman–Crippen MR) is 91.8 cm³/mol. The predicted octanol–water partition coefficient (Wildman–Crippen LogP) is 2.67. The summed E-state index contributed by atoms with van der Waals surface area (Å²) in [6.45, 7) is 0.381. The Morgan fingerprint density at radius 2 is 1.72 bits per heavy atom. The summed E-state index contributed by atoms with van der Waals surface area (Å²) in [6, 6.07) is 11.6. The van der Waals surface area contributed by atoms with E-state index in [2.05, 4.69) is 5.32 Å². The molecule has 2 aromatic carbocycles. The average Bonchev–Trinajstić information content (AvgIpc) is 3.38. The van der Waals surface area contributed by atoms with Crippen molar-refractivity contribution in [3.05, 3.63) is 59.9 Å². The minimum Gasteiger partial charge on any atom is -0.317 e. The van der Waals surface area contributed by atoms with Crippen LogP contribution in [-0.4, -0.2) is 25.4 Å². The van der Waals surface area contributed by atoms with E-state index in [1.165, 1.54) is 36.4 Å². The molecule has 0 aromatic heterocycles. The molecule has 0 atom stereocenters. The SMILES string of the molecule is NS(=O)(=O)c1ccc(NC(=O)N(Cc2ccc(F)cc2)C2CC2)cc1. The Labute approximate surface area is 145 Å². The van der Waals surface area contributed by atoms with Gasteiger partial charge in [-0.15, -0.1) is 0 Å². The second-order valence-corrected chi connectivity index (χ2v) is 7.55. The first-order valence-electron chi connectivity index (χ1n) is 7.78. The molecule has 8 heteroatoms. The van der Waals surface area contributed by atoms with Gasteiger partial charge in [0, 0.05) is 18.3 Å². The topological polar surface area (TPSA) is 92.5 Å². The molecule has 2 amide bonds. The molecule has 1 aliphatic rings. The number of carbonyl (C=O) groups excluding carboxylic acids is 1. The van der Waals surface area contributed by atoms with Crippen LogP contribution in [0.25, 0.3) is 0 Å². The lowest BCUT2D eigenvalue weighted by atomic mass is 10.2. The number of halogens is 1. The van der Waals surface area contributed by atoms with Crippen molar-refractivity contribution in [3.63, 3.8) is 0 Å². The normalized spacial score (nSPS) is 14.2. The Kier molecular flexibility index (Phi) is 4.73. The quantitative estimate of drug-likeness (QED) is 0.855. The van der Waals surface area contributed by atoms with Crippen molar-refractivity contribution in [2.24, 2.45) is 5.14 Å². The van der Waals surface area contributed by atoms with Gasteiger partial charge in [0.25, 0.3) is 0 Å². The third-order valence-corrected chi connectivity index (χ3v) is 4.88. The fourth-order valence-corrected chi connectivity index (χ4v) is 2.98. The van der Waals surface area contributed by atoms with E-state index in [0.717, 1.165) is 18.4 Å². The summed E-state index contributed by atoms with van der Waals surface area (Å²) >= 11 is 0. The highest BCUT2D eigenvalue weighted by molar-refractivity contribution is 7.89. The first-order valence-corrected chi connectivity index (χ1v) is 9.32. The van der Waals surface area contributed by atoms with E-state index in [0.29, 0.717) is 12.2 Å². The van der Waals surface area contributed by atoms with E-state index in [-0.39, 0.29) is 22.8 Å².